The summed E-state index contributed by atoms with van der Waals surface area (Å²) in [4.78, 5) is 14.7. The van der Waals surface area contributed by atoms with E-state index in [1.807, 2.05) is 12.1 Å². The zero-order valence-electron chi connectivity index (χ0n) is 12.1. The van der Waals surface area contributed by atoms with Crippen LogP contribution >= 0.6 is 0 Å². The Morgan fingerprint density at radius 3 is 3.10 bits per heavy atom. The molecule has 1 atom stereocenters. The number of likely N-dealkylation sites (N-methyl/N-ethyl adjacent to an activating group) is 1. The molecule has 20 heavy (non-hydrogen) atoms. The van der Waals surface area contributed by atoms with Gasteiger partial charge in [0, 0.05) is 31.2 Å². The van der Waals surface area contributed by atoms with Gasteiger partial charge in [0.25, 0.3) is 5.91 Å². The Bertz CT molecular complexity index is 500. The van der Waals surface area contributed by atoms with Crippen LogP contribution in [0.3, 0.4) is 0 Å². The van der Waals surface area contributed by atoms with Gasteiger partial charge in [0.15, 0.2) is 0 Å². The first-order chi connectivity index (χ1) is 9.78. The van der Waals surface area contributed by atoms with Gasteiger partial charge < -0.3 is 10.6 Å². The average molecular weight is 273 g/mol. The zero-order valence-corrected chi connectivity index (χ0v) is 12.1. The normalized spacial score (nSPS) is 21.9. The van der Waals surface area contributed by atoms with Crippen molar-refractivity contribution in [3.05, 3.63) is 34.9 Å². The minimum atomic E-state index is 0.0580. The lowest BCUT2D eigenvalue weighted by molar-refractivity contribution is 0.0941. The molecule has 0 radical (unpaired) electrons. The van der Waals surface area contributed by atoms with Crippen molar-refractivity contribution in [1.29, 1.82) is 0 Å². The molecule has 1 saturated heterocycles. The number of nitrogens with zero attached hydrogens (tertiary/aromatic N) is 1. The highest BCUT2D eigenvalue weighted by Gasteiger charge is 2.23. The molecule has 2 aliphatic rings. The maximum absolute atomic E-state index is 12.2. The molecular formula is C16H23N3O. The van der Waals surface area contributed by atoms with E-state index in [2.05, 4.69) is 28.5 Å². The number of carbonyl (C=O) groups excluding carboxylic acids is 1. The smallest absolute Gasteiger partial charge is 0.251 e. The van der Waals surface area contributed by atoms with Crippen molar-refractivity contribution in [2.45, 2.75) is 38.9 Å². The third kappa shape index (κ3) is 2.72. The number of hydrogen-bond donors (Lipinski definition) is 2. The van der Waals surface area contributed by atoms with Crippen molar-refractivity contribution in [2.24, 2.45) is 0 Å². The minimum Gasteiger partial charge on any atom is -0.350 e. The van der Waals surface area contributed by atoms with Gasteiger partial charge in [-0.1, -0.05) is 13.0 Å². The van der Waals surface area contributed by atoms with Crippen molar-refractivity contribution < 1.29 is 4.79 Å². The standard InChI is InChI=1S/C16H23N3O/c1-2-19-7-3-4-15(19)11-18-16(20)12-5-6-13-9-17-10-14(13)8-12/h5-6,8,15,17H,2-4,7,9-11H2,1H3,(H,18,20). The number of hydrogen-bond acceptors (Lipinski definition) is 3. The Balaban J connectivity index is 1.59. The molecule has 4 heteroatoms. The van der Waals surface area contributed by atoms with E-state index in [-0.39, 0.29) is 5.91 Å². The van der Waals surface area contributed by atoms with Crippen molar-refractivity contribution in [3.63, 3.8) is 0 Å². The maximum Gasteiger partial charge on any atom is 0.251 e. The topological polar surface area (TPSA) is 44.4 Å². The highest BCUT2D eigenvalue weighted by atomic mass is 16.1. The molecule has 2 N–H and O–H groups in total. The summed E-state index contributed by atoms with van der Waals surface area (Å²) in [6.07, 6.45) is 2.45. The zero-order chi connectivity index (χ0) is 13.9. The van der Waals surface area contributed by atoms with E-state index in [4.69, 9.17) is 0 Å². The molecule has 0 aromatic heterocycles. The van der Waals surface area contributed by atoms with E-state index in [1.165, 1.54) is 30.5 Å². The summed E-state index contributed by atoms with van der Waals surface area (Å²) in [5, 5.41) is 6.40. The predicted octanol–water partition coefficient (Wildman–Crippen LogP) is 1.50. The second-order valence-electron chi connectivity index (χ2n) is 5.72. The molecule has 2 heterocycles. The van der Waals surface area contributed by atoms with Gasteiger partial charge in [-0.05, 0) is 49.2 Å². The number of carbonyl (C=O) groups is 1. The first-order valence-electron chi connectivity index (χ1n) is 7.62. The summed E-state index contributed by atoms with van der Waals surface area (Å²) in [5.41, 5.74) is 3.36. The monoisotopic (exact) mass is 273 g/mol. The molecule has 0 saturated carbocycles. The molecule has 108 valence electrons. The van der Waals surface area contributed by atoms with Gasteiger partial charge in [0.2, 0.25) is 0 Å². The number of fused-ring (bicyclic) bond motifs is 1. The number of benzene rings is 1. The second kappa shape index (κ2) is 5.94. The van der Waals surface area contributed by atoms with Crippen LogP contribution in [0, 0.1) is 0 Å². The van der Waals surface area contributed by atoms with Gasteiger partial charge in [-0.25, -0.2) is 0 Å². The van der Waals surface area contributed by atoms with E-state index >= 15 is 0 Å². The van der Waals surface area contributed by atoms with Gasteiger partial charge in [-0.3, -0.25) is 9.69 Å². The van der Waals surface area contributed by atoms with Crippen LogP contribution in [-0.2, 0) is 13.1 Å². The Morgan fingerprint density at radius 1 is 1.40 bits per heavy atom. The molecule has 4 nitrogen and oxygen atoms in total. The summed E-state index contributed by atoms with van der Waals surface area (Å²) < 4.78 is 0. The van der Waals surface area contributed by atoms with Crippen molar-refractivity contribution in [1.82, 2.24) is 15.5 Å². The van der Waals surface area contributed by atoms with E-state index in [0.29, 0.717) is 6.04 Å². The van der Waals surface area contributed by atoms with Gasteiger partial charge in [-0.15, -0.1) is 0 Å². The van der Waals surface area contributed by atoms with Crippen molar-refractivity contribution in [2.75, 3.05) is 19.6 Å². The fourth-order valence-corrected chi connectivity index (χ4v) is 3.29. The van der Waals surface area contributed by atoms with Crippen LogP contribution in [0.25, 0.3) is 0 Å². The largest absolute Gasteiger partial charge is 0.350 e. The van der Waals surface area contributed by atoms with E-state index < -0.39 is 0 Å². The van der Waals surface area contributed by atoms with Crippen LogP contribution in [0.2, 0.25) is 0 Å². The highest BCUT2D eigenvalue weighted by Crippen LogP contribution is 2.18. The Kier molecular flexibility index (Phi) is 4.03. The molecule has 1 aromatic carbocycles. The molecule has 1 fully saturated rings. The van der Waals surface area contributed by atoms with Crippen LogP contribution in [0.4, 0.5) is 0 Å². The average Bonchev–Trinajstić information content (AvgIpc) is 3.12. The lowest BCUT2D eigenvalue weighted by Gasteiger charge is -2.22. The maximum atomic E-state index is 12.2. The molecule has 0 aliphatic carbocycles. The lowest BCUT2D eigenvalue weighted by Crippen LogP contribution is -2.40. The number of amides is 1. The number of likely N-dealkylation sites (tertiary alicyclic amines) is 1. The van der Waals surface area contributed by atoms with Crippen molar-refractivity contribution in [3.8, 4) is 0 Å². The quantitative estimate of drug-likeness (QED) is 0.874. The van der Waals surface area contributed by atoms with Crippen LogP contribution in [0.5, 0.6) is 0 Å². The molecule has 2 aliphatic heterocycles. The number of rotatable bonds is 4. The van der Waals surface area contributed by atoms with Gasteiger partial charge >= 0.3 is 0 Å². The van der Waals surface area contributed by atoms with Crippen LogP contribution < -0.4 is 10.6 Å². The third-order valence-corrected chi connectivity index (χ3v) is 4.50. The summed E-state index contributed by atoms with van der Waals surface area (Å²) >= 11 is 0. The van der Waals surface area contributed by atoms with Crippen LogP contribution in [0.15, 0.2) is 18.2 Å². The molecule has 0 spiro atoms. The summed E-state index contributed by atoms with van der Waals surface area (Å²) in [6.45, 7) is 7.00. The molecule has 3 rings (SSSR count). The fraction of sp³-hybridized carbons (Fsp3) is 0.562. The van der Waals surface area contributed by atoms with Crippen molar-refractivity contribution >= 4 is 5.91 Å². The van der Waals surface area contributed by atoms with Crippen LogP contribution in [-0.4, -0.2) is 36.5 Å². The second-order valence-corrected chi connectivity index (χ2v) is 5.72. The molecule has 1 aromatic rings. The third-order valence-electron chi connectivity index (χ3n) is 4.50. The summed E-state index contributed by atoms with van der Waals surface area (Å²) in [5.74, 6) is 0.0580. The predicted molar refractivity (Wildman–Crippen MR) is 79.6 cm³/mol. The SMILES string of the molecule is CCN1CCCC1CNC(=O)c1ccc2c(c1)CNC2. The van der Waals surface area contributed by atoms with E-state index in [9.17, 15) is 4.79 Å². The summed E-state index contributed by atoms with van der Waals surface area (Å²) in [6, 6.07) is 6.54. The minimum absolute atomic E-state index is 0.0580. The summed E-state index contributed by atoms with van der Waals surface area (Å²) in [7, 11) is 0. The van der Waals surface area contributed by atoms with Gasteiger partial charge in [0.1, 0.15) is 0 Å². The Hall–Kier alpha value is -1.39. The Labute approximate surface area is 120 Å². The molecule has 1 amide bonds. The highest BCUT2D eigenvalue weighted by molar-refractivity contribution is 5.94. The first kappa shape index (κ1) is 13.6. The molecule has 1 unspecified atom stereocenters. The van der Waals surface area contributed by atoms with Crippen LogP contribution in [0.1, 0.15) is 41.3 Å². The molecular weight excluding hydrogens is 250 g/mol. The van der Waals surface area contributed by atoms with E-state index in [1.54, 1.807) is 0 Å². The first-order valence-corrected chi connectivity index (χ1v) is 7.62. The molecule has 0 bridgehead atoms. The van der Waals surface area contributed by atoms with Gasteiger partial charge in [0.05, 0.1) is 0 Å². The Morgan fingerprint density at radius 2 is 2.25 bits per heavy atom. The van der Waals surface area contributed by atoms with E-state index in [0.717, 1.165) is 31.7 Å². The lowest BCUT2D eigenvalue weighted by atomic mass is 10.1. The number of nitrogens with one attached hydrogen (secondary N) is 2. The van der Waals surface area contributed by atoms with Gasteiger partial charge in [-0.2, -0.15) is 0 Å². The fourth-order valence-electron chi connectivity index (χ4n) is 3.29.